The Bertz CT molecular complexity index is 322. The molecule has 1 unspecified atom stereocenters. The summed E-state index contributed by atoms with van der Waals surface area (Å²) in [6, 6.07) is 0.279. The molecule has 0 aliphatic heterocycles. The molecule has 5 heteroatoms. The van der Waals surface area contributed by atoms with Crippen LogP contribution in [0.4, 0.5) is 0 Å². The van der Waals surface area contributed by atoms with Gasteiger partial charge >= 0.3 is 0 Å². The molecule has 2 saturated carbocycles. The summed E-state index contributed by atoms with van der Waals surface area (Å²) >= 11 is 5.65. The Morgan fingerprint density at radius 2 is 1.93 bits per heavy atom. The molecule has 0 N–H and O–H groups in total. The molecule has 1 atom stereocenters. The van der Waals surface area contributed by atoms with Crippen molar-refractivity contribution in [2.75, 3.05) is 12.4 Å². The highest BCUT2D eigenvalue weighted by Crippen LogP contribution is 2.37. The highest BCUT2D eigenvalue weighted by atomic mass is 35.5. The third kappa shape index (κ3) is 2.66. The Labute approximate surface area is 96.8 Å². The summed E-state index contributed by atoms with van der Waals surface area (Å²) in [4.78, 5) is 0. The standard InChI is InChI=1S/C10H18ClNO2S/c1-8(6-11)15(13,14)12(10-4-5-10)7-9-2-3-9/h8-10H,2-7H2,1H3. The first kappa shape index (κ1) is 11.7. The maximum absolute atomic E-state index is 12.1. The van der Waals surface area contributed by atoms with Crippen molar-refractivity contribution in [2.24, 2.45) is 5.92 Å². The van der Waals surface area contributed by atoms with Crippen LogP contribution in [-0.4, -0.2) is 36.4 Å². The summed E-state index contributed by atoms with van der Waals surface area (Å²) < 4.78 is 26.0. The first-order valence-corrected chi connectivity index (χ1v) is 7.66. The van der Waals surface area contributed by atoms with Crippen LogP contribution in [-0.2, 0) is 10.0 Å². The predicted molar refractivity (Wildman–Crippen MR) is 61.6 cm³/mol. The van der Waals surface area contributed by atoms with Crippen molar-refractivity contribution in [3.8, 4) is 0 Å². The van der Waals surface area contributed by atoms with E-state index in [1.165, 1.54) is 12.8 Å². The Morgan fingerprint density at radius 1 is 1.33 bits per heavy atom. The SMILES string of the molecule is CC(CCl)S(=O)(=O)N(CC1CC1)C1CC1. The second kappa shape index (κ2) is 4.22. The zero-order valence-electron chi connectivity index (χ0n) is 9.02. The van der Waals surface area contributed by atoms with E-state index in [9.17, 15) is 8.42 Å². The van der Waals surface area contributed by atoms with Crippen LogP contribution in [0.2, 0.25) is 0 Å². The molecule has 0 aromatic rings. The number of alkyl halides is 1. The van der Waals surface area contributed by atoms with Crippen LogP contribution >= 0.6 is 11.6 Å². The first-order valence-electron chi connectivity index (χ1n) is 5.62. The second-order valence-corrected chi connectivity index (χ2v) is 7.37. The fourth-order valence-electron chi connectivity index (χ4n) is 1.69. The number of hydrogen-bond acceptors (Lipinski definition) is 2. The van der Waals surface area contributed by atoms with Crippen molar-refractivity contribution in [1.29, 1.82) is 0 Å². The van der Waals surface area contributed by atoms with Gasteiger partial charge in [0, 0.05) is 18.5 Å². The lowest BCUT2D eigenvalue weighted by Crippen LogP contribution is -2.41. The van der Waals surface area contributed by atoms with Gasteiger partial charge in [-0.15, -0.1) is 11.6 Å². The summed E-state index contributed by atoms with van der Waals surface area (Å²) in [5.41, 5.74) is 0. The molecule has 0 bridgehead atoms. The zero-order valence-corrected chi connectivity index (χ0v) is 10.6. The van der Waals surface area contributed by atoms with Gasteiger partial charge in [0.05, 0.1) is 5.25 Å². The van der Waals surface area contributed by atoms with Gasteiger partial charge in [-0.2, -0.15) is 4.31 Å². The molecule has 0 aromatic carbocycles. The number of hydrogen-bond donors (Lipinski definition) is 0. The van der Waals surface area contributed by atoms with Crippen LogP contribution in [0.3, 0.4) is 0 Å². The van der Waals surface area contributed by atoms with E-state index in [2.05, 4.69) is 0 Å². The normalized spacial score (nSPS) is 24.5. The van der Waals surface area contributed by atoms with E-state index in [-0.39, 0.29) is 11.9 Å². The van der Waals surface area contributed by atoms with Crippen LogP contribution in [0, 0.1) is 5.92 Å². The monoisotopic (exact) mass is 251 g/mol. The maximum Gasteiger partial charge on any atom is 0.218 e. The second-order valence-electron chi connectivity index (χ2n) is 4.75. The molecule has 3 nitrogen and oxygen atoms in total. The highest BCUT2D eigenvalue weighted by molar-refractivity contribution is 7.89. The molecular formula is C10H18ClNO2S. The Morgan fingerprint density at radius 3 is 2.33 bits per heavy atom. The van der Waals surface area contributed by atoms with Crippen molar-refractivity contribution in [3.63, 3.8) is 0 Å². The van der Waals surface area contributed by atoms with Gasteiger partial charge in [-0.1, -0.05) is 0 Å². The molecule has 2 aliphatic rings. The molecule has 88 valence electrons. The fraction of sp³-hybridized carbons (Fsp3) is 1.00. The molecule has 0 amide bonds. The van der Waals surface area contributed by atoms with Gasteiger partial charge in [0.1, 0.15) is 0 Å². The number of nitrogens with zero attached hydrogens (tertiary/aromatic N) is 1. The Balaban J connectivity index is 2.07. The van der Waals surface area contributed by atoms with Crippen LogP contribution in [0.15, 0.2) is 0 Å². The lowest BCUT2D eigenvalue weighted by Gasteiger charge is -2.24. The van der Waals surface area contributed by atoms with Crippen molar-refractivity contribution in [3.05, 3.63) is 0 Å². The fourth-order valence-corrected chi connectivity index (χ4v) is 3.83. The maximum atomic E-state index is 12.1. The average Bonchev–Trinajstić information content (AvgIpc) is 3.01. The summed E-state index contributed by atoms with van der Waals surface area (Å²) in [5.74, 6) is 0.804. The lowest BCUT2D eigenvalue weighted by molar-refractivity contribution is 0.384. The third-order valence-electron chi connectivity index (χ3n) is 3.14. The number of sulfonamides is 1. The molecule has 2 aliphatic carbocycles. The van der Waals surface area contributed by atoms with Gasteiger partial charge in [0.2, 0.25) is 10.0 Å². The summed E-state index contributed by atoms with van der Waals surface area (Å²) in [5, 5.41) is -0.446. The highest BCUT2D eigenvalue weighted by Gasteiger charge is 2.42. The van der Waals surface area contributed by atoms with E-state index < -0.39 is 15.3 Å². The van der Waals surface area contributed by atoms with E-state index >= 15 is 0 Å². The van der Waals surface area contributed by atoms with Gasteiger partial charge < -0.3 is 0 Å². The van der Waals surface area contributed by atoms with Gasteiger partial charge in [-0.25, -0.2) is 8.42 Å². The zero-order chi connectivity index (χ0) is 11.1. The van der Waals surface area contributed by atoms with E-state index in [0.717, 1.165) is 19.4 Å². The van der Waals surface area contributed by atoms with Gasteiger partial charge in [0.25, 0.3) is 0 Å². The smallest absolute Gasteiger partial charge is 0.212 e. The minimum Gasteiger partial charge on any atom is -0.212 e. The van der Waals surface area contributed by atoms with Crippen LogP contribution in [0.5, 0.6) is 0 Å². The topological polar surface area (TPSA) is 37.4 Å². The minimum atomic E-state index is -3.14. The van der Waals surface area contributed by atoms with Crippen molar-refractivity contribution in [2.45, 2.75) is 43.9 Å². The molecule has 0 spiro atoms. The molecule has 0 radical (unpaired) electrons. The quantitative estimate of drug-likeness (QED) is 0.676. The summed E-state index contributed by atoms with van der Waals surface area (Å²) in [6.45, 7) is 2.43. The number of rotatable bonds is 6. The van der Waals surface area contributed by atoms with Gasteiger partial charge in [-0.3, -0.25) is 0 Å². The molecular weight excluding hydrogens is 234 g/mol. The van der Waals surface area contributed by atoms with Crippen molar-refractivity contribution < 1.29 is 8.42 Å². The van der Waals surface area contributed by atoms with Crippen LogP contribution < -0.4 is 0 Å². The predicted octanol–water partition coefficient (Wildman–Crippen LogP) is 1.82. The Hall–Kier alpha value is 0.200. The van der Waals surface area contributed by atoms with E-state index in [4.69, 9.17) is 11.6 Å². The van der Waals surface area contributed by atoms with Crippen LogP contribution in [0.25, 0.3) is 0 Å². The van der Waals surface area contributed by atoms with Gasteiger partial charge in [-0.05, 0) is 38.5 Å². The largest absolute Gasteiger partial charge is 0.218 e. The first-order chi connectivity index (χ1) is 7.05. The Kier molecular flexibility index (Phi) is 3.29. The molecule has 0 heterocycles. The van der Waals surface area contributed by atoms with E-state index in [0.29, 0.717) is 5.92 Å². The molecule has 0 saturated heterocycles. The van der Waals surface area contributed by atoms with Crippen molar-refractivity contribution in [1.82, 2.24) is 4.31 Å². The van der Waals surface area contributed by atoms with Crippen LogP contribution in [0.1, 0.15) is 32.6 Å². The summed E-state index contributed by atoms with van der Waals surface area (Å²) in [6.07, 6.45) is 4.43. The van der Waals surface area contributed by atoms with E-state index in [1.807, 2.05) is 0 Å². The van der Waals surface area contributed by atoms with Gasteiger partial charge in [0.15, 0.2) is 0 Å². The minimum absolute atomic E-state index is 0.191. The molecule has 15 heavy (non-hydrogen) atoms. The third-order valence-corrected chi connectivity index (χ3v) is 6.07. The lowest BCUT2D eigenvalue weighted by atomic mass is 10.4. The van der Waals surface area contributed by atoms with Crippen molar-refractivity contribution >= 4 is 21.6 Å². The molecule has 2 rings (SSSR count). The number of halogens is 1. The van der Waals surface area contributed by atoms with E-state index in [1.54, 1.807) is 11.2 Å². The average molecular weight is 252 g/mol. The summed E-state index contributed by atoms with van der Waals surface area (Å²) in [7, 11) is -3.14. The molecule has 0 aromatic heterocycles. The molecule has 2 fully saturated rings.